The zero-order valence-corrected chi connectivity index (χ0v) is 7.14. The maximum atomic E-state index is 10.7. The average Bonchev–Trinajstić information content (AvgIpc) is 2.42. The van der Waals surface area contributed by atoms with E-state index in [9.17, 15) is 4.79 Å². The maximum Gasteiger partial charge on any atom is 0.503 e. The Morgan fingerprint density at radius 2 is 1.86 bits per heavy atom. The molecule has 0 unspecified atom stereocenters. The lowest BCUT2D eigenvalue weighted by Gasteiger charge is -1.91. The average molecular weight is 196 g/mol. The highest BCUT2D eigenvalue weighted by molar-refractivity contribution is 5.80. The summed E-state index contributed by atoms with van der Waals surface area (Å²) < 4.78 is 4.87. The highest BCUT2D eigenvalue weighted by Crippen LogP contribution is 2.24. The van der Waals surface area contributed by atoms with Gasteiger partial charge >= 0.3 is 12.1 Å². The normalized spacial score (nSPS) is 12.1. The summed E-state index contributed by atoms with van der Waals surface area (Å²) in [6, 6.07) is 7.47. The first-order valence-corrected chi connectivity index (χ1v) is 3.80. The molecule has 1 aromatic carbocycles. The molecular weight excluding hydrogens is 188 g/mol. The minimum absolute atomic E-state index is 0.152. The van der Waals surface area contributed by atoms with Gasteiger partial charge in [-0.25, -0.2) is 4.79 Å². The molecule has 0 spiro atoms. The van der Waals surface area contributed by atoms with Crippen molar-refractivity contribution >= 4 is 12.1 Å². The van der Waals surface area contributed by atoms with Crippen molar-refractivity contribution in [2.45, 2.75) is 6.42 Å². The first-order chi connectivity index (χ1) is 6.59. The van der Waals surface area contributed by atoms with Gasteiger partial charge in [-0.05, 0) is 6.07 Å². The number of ether oxygens (including phenoxy) is 1. The number of esters is 1. The van der Waals surface area contributed by atoms with E-state index in [1.807, 2.05) is 18.2 Å². The van der Waals surface area contributed by atoms with Crippen molar-refractivity contribution in [3.63, 3.8) is 0 Å². The van der Waals surface area contributed by atoms with Gasteiger partial charge in [0, 0.05) is 5.56 Å². The van der Waals surface area contributed by atoms with Crippen LogP contribution in [0.1, 0.15) is 5.56 Å². The highest BCUT2D eigenvalue weighted by Gasteiger charge is 2.18. The van der Waals surface area contributed by atoms with Crippen LogP contribution in [0.3, 0.4) is 0 Å². The number of carbonyl (C=O) groups is 2. The van der Waals surface area contributed by atoms with Crippen molar-refractivity contribution in [3.8, 4) is 5.75 Å². The van der Waals surface area contributed by atoms with E-state index in [-0.39, 0.29) is 5.97 Å². The number of rotatable bonds is 0. The molecule has 5 nitrogen and oxygen atoms in total. The van der Waals surface area contributed by atoms with Gasteiger partial charge in [-0.3, -0.25) is 4.79 Å². The Bertz CT molecular complexity index is 327. The van der Waals surface area contributed by atoms with E-state index >= 15 is 0 Å². The van der Waals surface area contributed by atoms with E-state index in [2.05, 4.69) is 0 Å². The van der Waals surface area contributed by atoms with E-state index in [4.69, 9.17) is 19.7 Å². The maximum absolute atomic E-state index is 10.7. The van der Waals surface area contributed by atoms with Gasteiger partial charge in [0.15, 0.2) is 0 Å². The van der Waals surface area contributed by atoms with E-state index in [1.54, 1.807) is 6.07 Å². The molecular formula is C9H8O5. The molecule has 0 atom stereocenters. The first-order valence-electron chi connectivity index (χ1n) is 3.80. The predicted molar refractivity (Wildman–Crippen MR) is 46.4 cm³/mol. The van der Waals surface area contributed by atoms with Crippen LogP contribution in [0.5, 0.6) is 5.75 Å². The standard InChI is InChI=1S/C8H6O2.CH2O3/c9-8-5-6-3-1-2-4-7(6)10-8;2-1(3)4/h1-4H,5H2;(H2,2,3,4). The van der Waals surface area contributed by atoms with Gasteiger partial charge in [0.05, 0.1) is 6.42 Å². The molecule has 1 heterocycles. The second kappa shape index (κ2) is 4.27. The summed E-state index contributed by atoms with van der Waals surface area (Å²) in [5.41, 5.74) is 0.993. The zero-order valence-electron chi connectivity index (χ0n) is 7.14. The molecule has 0 bridgehead atoms. The fourth-order valence-corrected chi connectivity index (χ4v) is 1.06. The summed E-state index contributed by atoms with van der Waals surface area (Å²) in [5.74, 6) is 0.564. The summed E-state index contributed by atoms with van der Waals surface area (Å²) in [4.78, 5) is 19.2. The molecule has 5 heteroatoms. The van der Waals surface area contributed by atoms with E-state index in [0.29, 0.717) is 12.2 Å². The molecule has 0 aromatic heterocycles. The molecule has 0 saturated carbocycles. The van der Waals surface area contributed by atoms with Crippen molar-refractivity contribution in [1.82, 2.24) is 0 Å². The van der Waals surface area contributed by atoms with Crippen LogP contribution in [-0.2, 0) is 11.2 Å². The van der Waals surface area contributed by atoms with Gasteiger partial charge < -0.3 is 14.9 Å². The van der Waals surface area contributed by atoms with Gasteiger partial charge in [-0.2, -0.15) is 0 Å². The number of hydrogen-bond donors (Lipinski definition) is 2. The minimum Gasteiger partial charge on any atom is -0.450 e. The van der Waals surface area contributed by atoms with Crippen LogP contribution >= 0.6 is 0 Å². The highest BCUT2D eigenvalue weighted by atomic mass is 16.6. The minimum atomic E-state index is -1.83. The first kappa shape index (κ1) is 10.0. The van der Waals surface area contributed by atoms with Gasteiger partial charge in [0.25, 0.3) is 0 Å². The Kier molecular flexibility index (Phi) is 3.06. The quantitative estimate of drug-likeness (QED) is 0.483. The number of para-hydroxylation sites is 1. The van der Waals surface area contributed by atoms with Crippen LogP contribution < -0.4 is 4.74 Å². The summed E-state index contributed by atoms with van der Waals surface area (Å²) in [5, 5.41) is 13.9. The summed E-state index contributed by atoms with van der Waals surface area (Å²) in [7, 11) is 0. The molecule has 0 fully saturated rings. The second-order valence-electron chi connectivity index (χ2n) is 2.54. The third-order valence-corrected chi connectivity index (χ3v) is 1.53. The molecule has 0 saturated heterocycles. The number of carboxylic acid groups (broad SMARTS) is 2. The summed E-state index contributed by atoms with van der Waals surface area (Å²) in [6.45, 7) is 0. The monoisotopic (exact) mass is 196 g/mol. The van der Waals surface area contributed by atoms with E-state index in [0.717, 1.165) is 5.56 Å². The van der Waals surface area contributed by atoms with Crippen molar-refractivity contribution in [2.24, 2.45) is 0 Å². The van der Waals surface area contributed by atoms with Crippen LogP contribution in [0.2, 0.25) is 0 Å². The number of carbonyl (C=O) groups excluding carboxylic acids is 1. The zero-order chi connectivity index (χ0) is 10.6. The summed E-state index contributed by atoms with van der Waals surface area (Å²) in [6.07, 6.45) is -1.41. The number of hydrogen-bond acceptors (Lipinski definition) is 3. The topological polar surface area (TPSA) is 83.8 Å². The van der Waals surface area contributed by atoms with E-state index < -0.39 is 6.16 Å². The fraction of sp³-hybridized carbons (Fsp3) is 0.111. The Morgan fingerprint density at radius 1 is 1.29 bits per heavy atom. The lowest BCUT2D eigenvalue weighted by Crippen LogP contribution is -1.99. The molecule has 2 N–H and O–H groups in total. The van der Waals surface area contributed by atoms with E-state index in [1.165, 1.54) is 0 Å². The molecule has 74 valence electrons. The molecule has 1 aromatic rings. The van der Waals surface area contributed by atoms with Gasteiger partial charge in [0.1, 0.15) is 5.75 Å². The van der Waals surface area contributed by atoms with Crippen molar-refractivity contribution in [2.75, 3.05) is 0 Å². The van der Waals surface area contributed by atoms with Crippen molar-refractivity contribution < 1.29 is 24.5 Å². The van der Waals surface area contributed by atoms with Crippen LogP contribution in [0.15, 0.2) is 24.3 Å². The molecule has 0 aliphatic carbocycles. The van der Waals surface area contributed by atoms with Crippen molar-refractivity contribution in [3.05, 3.63) is 29.8 Å². The number of benzene rings is 1. The van der Waals surface area contributed by atoms with Crippen LogP contribution in [0, 0.1) is 0 Å². The van der Waals surface area contributed by atoms with Gasteiger partial charge in [0.2, 0.25) is 0 Å². The smallest absolute Gasteiger partial charge is 0.450 e. The van der Waals surface area contributed by atoms with Gasteiger partial charge in [-0.15, -0.1) is 0 Å². The lowest BCUT2D eigenvalue weighted by atomic mass is 10.2. The Labute approximate surface area is 79.6 Å². The Balaban J connectivity index is 0.000000213. The van der Waals surface area contributed by atoms with Gasteiger partial charge in [-0.1, -0.05) is 18.2 Å². The second-order valence-corrected chi connectivity index (χ2v) is 2.54. The summed E-state index contributed by atoms with van der Waals surface area (Å²) >= 11 is 0. The molecule has 2 rings (SSSR count). The van der Waals surface area contributed by atoms with Crippen LogP contribution in [-0.4, -0.2) is 22.3 Å². The predicted octanol–water partition coefficient (Wildman–Crippen LogP) is 1.37. The largest absolute Gasteiger partial charge is 0.503 e. The van der Waals surface area contributed by atoms with Crippen molar-refractivity contribution in [1.29, 1.82) is 0 Å². The molecule has 0 amide bonds. The Hall–Kier alpha value is -2.04. The fourth-order valence-electron chi connectivity index (χ4n) is 1.06. The Morgan fingerprint density at radius 3 is 2.43 bits per heavy atom. The molecule has 1 aliphatic heterocycles. The van der Waals surface area contributed by atoms with Crippen LogP contribution in [0.25, 0.3) is 0 Å². The lowest BCUT2D eigenvalue weighted by molar-refractivity contribution is -0.131. The third-order valence-electron chi connectivity index (χ3n) is 1.53. The van der Waals surface area contributed by atoms with Crippen LogP contribution in [0.4, 0.5) is 4.79 Å². The SMILES string of the molecule is O=C(O)O.O=C1Cc2ccccc2O1. The molecule has 1 aliphatic rings. The molecule has 14 heavy (non-hydrogen) atoms. The number of fused-ring (bicyclic) bond motifs is 1. The molecule has 0 radical (unpaired) electrons. The third kappa shape index (κ3) is 2.78.